The number of aryl methyl sites for hydroxylation is 1. The van der Waals surface area contributed by atoms with Crippen LogP contribution in [-0.2, 0) is 16.0 Å². The van der Waals surface area contributed by atoms with Gasteiger partial charge in [0.1, 0.15) is 0 Å². The van der Waals surface area contributed by atoms with Crippen LogP contribution in [-0.4, -0.2) is 41.4 Å². The monoisotopic (exact) mass is 433 g/mol. The van der Waals surface area contributed by atoms with E-state index in [0.29, 0.717) is 25.4 Å². The maximum absolute atomic E-state index is 12.7. The molecule has 1 fully saturated rings. The van der Waals surface area contributed by atoms with Crippen LogP contribution in [0, 0.1) is 6.92 Å². The van der Waals surface area contributed by atoms with Crippen LogP contribution in [0.2, 0.25) is 0 Å². The van der Waals surface area contributed by atoms with Gasteiger partial charge in [0.25, 0.3) is 0 Å². The lowest BCUT2D eigenvalue weighted by Gasteiger charge is -2.12. The van der Waals surface area contributed by atoms with Gasteiger partial charge in [-0.3, -0.25) is 19.6 Å². The van der Waals surface area contributed by atoms with Gasteiger partial charge >= 0.3 is 0 Å². The molecule has 168 valence electrons. The zero-order chi connectivity index (χ0) is 22.8. The van der Waals surface area contributed by atoms with E-state index in [2.05, 4.69) is 32.0 Å². The Labute approximate surface area is 189 Å². The summed E-state index contributed by atoms with van der Waals surface area (Å²) in [5, 5.41) is 8.85. The molecule has 3 N–H and O–H groups in total. The molecule has 2 amide bonds. The van der Waals surface area contributed by atoms with Gasteiger partial charge in [0.05, 0.1) is 0 Å². The molecule has 0 saturated heterocycles. The molecule has 7 heteroatoms. The third-order valence-electron chi connectivity index (χ3n) is 5.30. The fourth-order valence-corrected chi connectivity index (χ4v) is 3.32. The van der Waals surface area contributed by atoms with Crippen molar-refractivity contribution in [1.82, 2.24) is 25.9 Å². The Morgan fingerprint density at radius 2 is 2.16 bits per heavy atom. The van der Waals surface area contributed by atoms with Crippen LogP contribution in [0.15, 0.2) is 55.1 Å². The van der Waals surface area contributed by atoms with Crippen LogP contribution in [0.3, 0.4) is 0 Å². The number of pyridine rings is 2. The Morgan fingerprint density at radius 1 is 1.31 bits per heavy atom. The quantitative estimate of drug-likeness (QED) is 0.272. The molecule has 1 aliphatic rings. The van der Waals surface area contributed by atoms with Crippen molar-refractivity contribution in [2.75, 3.05) is 13.1 Å². The summed E-state index contributed by atoms with van der Waals surface area (Å²) in [5.41, 5.74) is 5.00. The highest BCUT2D eigenvalue weighted by molar-refractivity contribution is 5.97. The predicted octanol–water partition coefficient (Wildman–Crippen LogP) is 2.64. The fraction of sp³-hybridized carbons (Fsp3) is 0.360. The molecule has 0 aromatic carbocycles. The van der Waals surface area contributed by atoms with Gasteiger partial charge < -0.3 is 16.0 Å². The summed E-state index contributed by atoms with van der Waals surface area (Å²) in [4.78, 5) is 31.8. The molecule has 2 aromatic rings. The molecule has 0 radical (unpaired) electrons. The normalized spacial score (nSPS) is 14.8. The van der Waals surface area contributed by atoms with E-state index in [0.717, 1.165) is 34.4 Å². The van der Waals surface area contributed by atoms with Crippen LogP contribution >= 0.6 is 0 Å². The molecule has 1 saturated carbocycles. The molecule has 1 aliphatic carbocycles. The standard InChI is InChI=1S/C25H31N5O2/c1-18-14-30-24(21-5-6-21)13-23(18)22(8-11-28-19(2)15-27-17-31)12-25(32)29-10-7-20-4-3-9-26-16-20/h3-4,8-9,11-14,16-17,19,21,28H,5-7,10,15H2,1-2H3,(H,27,31)(H,29,32)/b11-8+,22-12+. The van der Waals surface area contributed by atoms with Gasteiger partial charge in [-0.1, -0.05) is 6.07 Å². The minimum Gasteiger partial charge on any atom is -0.387 e. The lowest BCUT2D eigenvalue weighted by Crippen LogP contribution is -2.32. The van der Waals surface area contributed by atoms with Crippen molar-refractivity contribution in [3.05, 3.63) is 77.5 Å². The largest absolute Gasteiger partial charge is 0.387 e. The molecular weight excluding hydrogens is 402 g/mol. The van der Waals surface area contributed by atoms with Gasteiger partial charge in [-0.25, -0.2) is 0 Å². The number of hydrogen-bond donors (Lipinski definition) is 3. The highest BCUT2D eigenvalue weighted by Crippen LogP contribution is 2.40. The number of carbonyl (C=O) groups is 2. The Balaban J connectivity index is 1.72. The van der Waals surface area contributed by atoms with E-state index in [1.165, 1.54) is 12.8 Å². The van der Waals surface area contributed by atoms with Crippen LogP contribution in [0.4, 0.5) is 0 Å². The zero-order valence-electron chi connectivity index (χ0n) is 18.7. The lowest BCUT2D eigenvalue weighted by atomic mass is 9.99. The summed E-state index contributed by atoms with van der Waals surface area (Å²) in [7, 11) is 0. The van der Waals surface area contributed by atoms with Crippen molar-refractivity contribution in [2.24, 2.45) is 0 Å². The number of hydrogen-bond acceptors (Lipinski definition) is 5. The van der Waals surface area contributed by atoms with E-state index < -0.39 is 0 Å². The molecule has 3 rings (SSSR count). The number of aromatic nitrogens is 2. The first-order valence-electron chi connectivity index (χ1n) is 11.0. The minimum atomic E-state index is -0.145. The Morgan fingerprint density at radius 3 is 2.88 bits per heavy atom. The van der Waals surface area contributed by atoms with Crippen LogP contribution in [0.1, 0.15) is 48.1 Å². The third-order valence-corrected chi connectivity index (χ3v) is 5.30. The minimum absolute atomic E-state index is 0.0616. The van der Waals surface area contributed by atoms with Crippen molar-refractivity contribution in [3.8, 4) is 0 Å². The number of allylic oxidation sites excluding steroid dienone is 2. The average molecular weight is 434 g/mol. The topological polar surface area (TPSA) is 96.0 Å². The first-order chi connectivity index (χ1) is 15.6. The summed E-state index contributed by atoms with van der Waals surface area (Å²) < 4.78 is 0. The molecule has 1 atom stereocenters. The Kier molecular flexibility index (Phi) is 8.54. The molecule has 0 aliphatic heterocycles. The Bertz CT molecular complexity index is 968. The smallest absolute Gasteiger partial charge is 0.244 e. The second-order valence-electron chi connectivity index (χ2n) is 8.13. The molecule has 0 bridgehead atoms. The van der Waals surface area contributed by atoms with Crippen molar-refractivity contribution in [1.29, 1.82) is 0 Å². The second kappa shape index (κ2) is 11.8. The molecule has 2 aromatic heterocycles. The van der Waals surface area contributed by atoms with Crippen LogP contribution in [0.25, 0.3) is 5.57 Å². The predicted molar refractivity (Wildman–Crippen MR) is 126 cm³/mol. The molecule has 2 heterocycles. The first-order valence-corrected chi connectivity index (χ1v) is 11.0. The Hall–Kier alpha value is -3.48. The maximum atomic E-state index is 12.7. The second-order valence-corrected chi connectivity index (χ2v) is 8.13. The molecule has 1 unspecified atom stereocenters. The lowest BCUT2D eigenvalue weighted by molar-refractivity contribution is -0.116. The molecular formula is C25H31N5O2. The number of nitrogens with zero attached hydrogens (tertiary/aromatic N) is 2. The molecule has 0 spiro atoms. The summed E-state index contributed by atoms with van der Waals surface area (Å²) in [6, 6.07) is 6.05. The van der Waals surface area contributed by atoms with Gasteiger partial charge in [-0.15, -0.1) is 0 Å². The SMILES string of the molecule is Cc1cnc(C2CC2)cc1C(/C=C/NC(C)CNC=O)=C/C(=O)NCCc1cccnc1. The van der Waals surface area contributed by atoms with Gasteiger partial charge in [-0.2, -0.15) is 0 Å². The number of nitrogens with one attached hydrogen (secondary N) is 3. The van der Waals surface area contributed by atoms with Crippen LogP contribution < -0.4 is 16.0 Å². The number of amides is 2. The zero-order valence-corrected chi connectivity index (χ0v) is 18.7. The summed E-state index contributed by atoms with van der Waals surface area (Å²) in [6.45, 7) is 5.03. The van der Waals surface area contributed by atoms with Crippen molar-refractivity contribution in [2.45, 2.75) is 45.1 Å². The average Bonchev–Trinajstić information content (AvgIpc) is 3.64. The van der Waals surface area contributed by atoms with Crippen LogP contribution in [0.5, 0.6) is 0 Å². The van der Waals surface area contributed by atoms with E-state index in [1.54, 1.807) is 12.3 Å². The summed E-state index contributed by atoms with van der Waals surface area (Å²) in [5.74, 6) is 0.383. The maximum Gasteiger partial charge on any atom is 0.244 e. The molecule has 7 nitrogen and oxygen atoms in total. The molecule has 32 heavy (non-hydrogen) atoms. The van der Waals surface area contributed by atoms with Crippen molar-refractivity contribution < 1.29 is 9.59 Å². The van der Waals surface area contributed by atoms with E-state index in [4.69, 9.17) is 0 Å². The fourth-order valence-electron chi connectivity index (χ4n) is 3.32. The number of rotatable bonds is 12. The van der Waals surface area contributed by atoms with E-state index in [9.17, 15) is 9.59 Å². The number of carbonyl (C=O) groups excluding carboxylic acids is 2. The van der Waals surface area contributed by atoms with E-state index in [-0.39, 0.29) is 11.9 Å². The third kappa shape index (κ3) is 7.34. The van der Waals surface area contributed by atoms with Gasteiger partial charge in [0.15, 0.2) is 0 Å². The van der Waals surface area contributed by atoms with Gasteiger partial charge in [-0.05, 0) is 79.8 Å². The van der Waals surface area contributed by atoms with E-state index >= 15 is 0 Å². The summed E-state index contributed by atoms with van der Waals surface area (Å²) >= 11 is 0. The van der Waals surface area contributed by atoms with E-state index in [1.807, 2.05) is 50.6 Å². The highest BCUT2D eigenvalue weighted by atomic mass is 16.1. The van der Waals surface area contributed by atoms with Gasteiger partial charge in [0, 0.05) is 55.4 Å². The summed E-state index contributed by atoms with van der Waals surface area (Å²) in [6.07, 6.45) is 14.5. The highest BCUT2D eigenvalue weighted by Gasteiger charge is 2.25. The van der Waals surface area contributed by atoms with Crippen molar-refractivity contribution in [3.63, 3.8) is 0 Å². The van der Waals surface area contributed by atoms with Gasteiger partial charge in [0.2, 0.25) is 12.3 Å². The van der Waals surface area contributed by atoms with Crippen molar-refractivity contribution >= 4 is 17.9 Å². The first kappa shape index (κ1) is 23.2.